The zero-order valence-corrected chi connectivity index (χ0v) is 8.73. The Morgan fingerprint density at radius 3 is 3.06 bits per heavy atom. The molecular formula is C12H10N2O2. The van der Waals surface area contributed by atoms with Gasteiger partial charge in [-0.15, -0.1) is 0 Å². The summed E-state index contributed by atoms with van der Waals surface area (Å²) in [6.45, 7) is 0. The van der Waals surface area contributed by atoms with Crippen molar-refractivity contribution in [3.63, 3.8) is 0 Å². The minimum Gasteiger partial charge on any atom is -0.496 e. The van der Waals surface area contributed by atoms with Gasteiger partial charge in [-0.2, -0.15) is 0 Å². The zero-order valence-electron chi connectivity index (χ0n) is 8.73. The molecule has 0 aromatic heterocycles. The van der Waals surface area contributed by atoms with Gasteiger partial charge in [-0.05, 0) is 6.07 Å². The van der Waals surface area contributed by atoms with E-state index in [1.807, 2.05) is 18.3 Å². The Bertz CT molecular complexity index is 681. The van der Waals surface area contributed by atoms with Gasteiger partial charge in [0.1, 0.15) is 5.75 Å². The number of nitrogens with one attached hydrogen (secondary N) is 1. The lowest BCUT2D eigenvalue weighted by molar-refractivity contribution is 0.419. The largest absolute Gasteiger partial charge is 0.496 e. The van der Waals surface area contributed by atoms with Crippen LogP contribution in [0.4, 0.5) is 0 Å². The van der Waals surface area contributed by atoms with Crippen molar-refractivity contribution >= 4 is 10.8 Å². The summed E-state index contributed by atoms with van der Waals surface area (Å²) in [4.78, 5) is 15.1. The van der Waals surface area contributed by atoms with Crippen LogP contribution in [0, 0.1) is 0 Å². The average Bonchev–Trinajstić information content (AvgIpc) is 2.64. The molecular weight excluding hydrogens is 204 g/mol. The third kappa shape index (κ3) is 1.01. The van der Waals surface area contributed by atoms with Gasteiger partial charge in [0.15, 0.2) is 0 Å². The Morgan fingerprint density at radius 2 is 2.25 bits per heavy atom. The summed E-state index contributed by atoms with van der Waals surface area (Å²) < 4.78 is 6.83. The van der Waals surface area contributed by atoms with Gasteiger partial charge in [0.25, 0.3) is 5.56 Å². The molecule has 0 unspecified atom stereocenters. The second-order valence-electron chi connectivity index (χ2n) is 3.57. The Kier molecular flexibility index (Phi) is 1.77. The molecule has 4 heteroatoms. The zero-order chi connectivity index (χ0) is 11.1. The van der Waals surface area contributed by atoms with Crippen molar-refractivity contribution in [2.45, 2.75) is 0 Å². The lowest BCUT2D eigenvalue weighted by Gasteiger charge is -2.00. The highest BCUT2D eigenvalue weighted by Crippen LogP contribution is 2.28. The van der Waals surface area contributed by atoms with Crippen LogP contribution < -0.4 is 10.3 Å². The van der Waals surface area contributed by atoms with Gasteiger partial charge in [0, 0.05) is 24.0 Å². The summed E-state index contributed by atoms with van der Waals surface area (Å²) in [5.41, 5.74) is 0.817. The van der Waals surface area contributed by atoms with Crippen molar-refractivity contribution in [1.29, 1.82) is 0 Å². The molecule has 16 heavy (non-hydrogen) atoms. The Hall–Kier alpha value is -2.23. The predicted octanol–water partition coefficient (Wildman–Crippen LogP) is 1.77. The molecule has 2 aliphatic heterocycles. The number of aromatic amines is 1. The molecule has 0 atom stereocenters. The van der Waals surface area contributed by atoms with Crippen molar-refractivity contribution in [2.75, 3.05) is 7.11 Å². The first-order valence-corrected chi connectivity index (χ1v) is 4.97. The van der Waals surface area contributed by atoms with Crippen LogP contribution in [-0.4, -0.2) is 16.7 Å². The van der Waals surface area contributed by atoms with E-state index in [2.05, 4.69) is 4.98 Å². The smallest absolute Gasteiger partial charge is 0.266 e. The molecule has 0 amide bonds. The number of hydrogen-bond acceptors (Lipinski definition) is 2. The van der Waals surface area contributed by atoms with E-state index in [-0.39, 0.29) is 5.56 Å². The van der Waals surface area contributed by atoms with Crippen molar-refractivity contribution in [3.05, 3.63) is 47.1 Å². The summed E-state index contributed by atoms with van der Waals surface area (Å²) >= 11 is 0. The van der Waals surface area contributed by atoms with Gasteiger partial charge in [0.2, 0.25) is 0 Å². The quantitative estimate of drug-likeness (QED) is 0.671. The molecule has 0 spiro atoms. The van der Waals surface area contributed by atoms with Gasteiger partial charge in [-0.25, -0.2) is 0 Å². The second kappa shape index (κ2) is 3.13. The number of fused-ring (bicyclic) bond motifs is 3. The molecule has 2 heterocycles. The highest BCUT2D eigenvalue weighted by atomic mass is 16.5. The molecule has 4 nitrogen and oxygen atoms in total. The summed E-state index contributed by atoms with van der Waals surface area (Å²) in [6.07, 6.45) is 5.25. The second-order valence-corrected chi connectivity index (χ2v) is 3.57. The summed E-state index contributed by atoms with van der Waals surface area (Å²) in [7, 11) is 1.57. The highest BCUT2D eigenvalue weighted by molar-refractivity contribution is 5.95. The molecule has 1 N–H and O–H groups in total. The van der Waals surface area contributed by atoms with Crippen molar-refractivity contribution < 1.29 is 4.74 Å². The molecule has 0 aliphatic carbocycles. The first-order chi connectivity index (χ1) is 7.83. The van der Waals surface area contributed by atoms with E-state index in [1.54, 1.807) is 30.1 Å². The van der Waals surface area contributed by atoms with Crippen molar-refractivity contribution in [2.24, 2.45) is 0 Å². The third-order valence-electron chi connectivity index (χ3n) is 2.75. The fourth-order valence-corrected chi connectivity index (χ4v) is 2.03. The van der Waals surface area contributed by atoms with Crippen LogP contribution in [0.5, 0.6) is 5.75 Å². The normalized spacial score (nSPS) is 11.1. The van der Waals surface area contributed by atoms with Crippen LogP contribution in [0.25, 0.3) is 16.5 Å². The first-order valence-electron chi connectivity index (χ1n) is 4.97. The maximum absolute atomic E-state index is 12.1. The topological polar surface area (TPSA) is 47.0 Å². The van der Waals surface area contributed by atoms with Crippen molar-refractivity contribution in [1.82, 2.24) is 9.55 Å². The lowest BCUT2D eigenvalue weighted by atomic mass is 10.2. The van der Waals surface area contributed by atoms with Crippen molar-refractivity contribution in [3.8, 4) is 11.4 Å². The third-order valence-corrected chi connectivity index (χ3v) is 2.75. The van der Waals surface area contributed by atoms with Gasteiger partial charge < -0.3 is 9.72 Å². The lowest BCUT2D eigenvalue weighted by Crippen LogP contribution is -2.11. The van der Waals surface area contributed by atoms with E-state index < -0.39 is 0 Å². The standard InChI is InChI=1S/C12H10N2O2/c1-16-10-4-2-3-8-9-7-13-5-6-14(9)12(15)11(8)10/h2-7,13H,1H3. The van der Waals surface area contributed by atoms with Gasteiger partial charge in [-0.1, -0.05) is 12.1 Å². The highest BCUT2D eigenvalue weighted by Gasteiger charge is 2.16. The Labute approximate surface area is 91.4 Å². The number of methoxy groups -OCH3 is 1. The Balaban J connectivity index is 2.61. The van der Waals surface area contributed by atoms with Crippen LogP contribution in [0.15, 0.2) is 41.6 Å². The minimum atomic E-state index is -0.0450. The fourth-order valence-electron chi connectivity index (χ4n) is 2.03. The molecule has 0 saturated carbocycles. The van der Waals surface area contributed by atoms with Crippen LogP contribution in [0.3, 0.4) is 0 Å². The molecule has 3 rings (SSSR count). The van der Waals surface area contributed by atoms with Crippen LogP contribution >= 0.6 is 0 Å². The van der Waals surface area contributed by atoms with Crippen LogP contribution in [-0.2, 0) is 0 Å². The number of aromatic nitrogens is 2. The van der Waals surface area contributed by atoms with Gasteiger partial charge in [-0.3, -0.25) is 9.36 Å². The first kappa shape index (κ1) is 9.03. The summed E-state index contributed by atoms with van der Waals surface area (Å²) in [5, 5.41) is 1.53. The molecule has 2 aliphatic rings. The fraction of sp³-hybridized carbons (Fsp3) is 0.0833. The number of rotatable bonds is 1. The molecule has 1 aromatic rings. The van der Waals surface area contributed by atoms with Crippen LogP contribution in [0.2, 0.25) is 0 Å². The number of benzene rings is 1. The summed E-state index contributed by atoms with van der Waals surface area (Å²) in [6, 6.07) is 5.60. The minimum absolute atomic E-state index is 0.0450. The number of nitrogens with zero attached hydrogens (tertiary/aromatic N) is 1. The average molecular weight is 214 g/mol. The molecule has 80 valence electrons. The van der Waals surface area contributed by atoms with E-state index in [4.69, 9.17) is 4.74 Å². The molecule has 0 radical (unpaired) electrons. The number of H-pyrrole nitrogens is 1. The van der Waals surface area contributed by atoms with Gasteiger partial charge >= 0.3 is 0 Å². The maximum Gasteiger partial charge on any atom is 0.266 e. The Morgan fingerprint density at radius 1 is 1.38 bits per heavy atom. The monoisotopic (exact) mass is 214 g/mol. The maximum atomic E-state index is 12.1. The number of hydrogen-bond donors (Lipinski definition) is 1. The van der Waals surface area contributed by atoms with E-state index in [1.165, 1.54) is 0 Å². The predicted molar refractivity (Wildman–Crippen MR) is 61.6 cm³/mol. The van der Waals surface area contributed by atoms with E-state index in [9.17, 15) is 4.79 Å². The van der Waals surface area contributed by atoms with Crippen LogP contribution in [0.1, 0.15) is 0 Å². The molecule has 0 fully saturated rings. The number of ether oxygens (including phenoxy) is 1. The van der Waals surface area contributed by atoms with E-state index >= 15 is 0 Å². The van der Waals surface area contributed by atoms with Gasteiger partial charge in [0.05, 0.1) is 18.2 Å². The van der Waals surface area contributed by atoms with E-state index in [0.717, 1.165) is 11.1 Å². The molecule has 0 bridgehead atoms. The van der Waals surface area contributed by atoms with E-state index in [0.29, 0.717) is 11.1 Å². The molecule has 1 aromatic carbocycles. The summed E-state index contributed by atoms with van der Waals surface area (Å²) in [5.74, 6) is 0.617. The molecule has 0 saturated heterocycles. The SMILES string of the molecule is COc1cccc2c3c[nH]ccn-3c(=O)c12.